The summed E-state index contributed by atoms with van der Waals surface area (Å²) in [7, 11) is 1.61. The Balaban J connectivity index is 1.69. The topological polar surface area (TPSA) is 42.3 Å². The molecule has 0 bridgehead atoms. The number of ether oxygens (including phenoxy) is 1. The summed E-state index contributed by atoms with van der Waals surface area (Å²) in [5, 5.41) is 4.68. The number of anilines is 1. The number of nitrogens with one attached hydrogen (secondary N) is 1. The van der Waals surface area contributed by atoms with Crippen molar-refractivity contribution in [2.45, 2.75) is 25.9 Å². The van der Waals surface area contributed by atoms with Crippen molar-refractivity contribution >= 4 is 50.5 Å². The van der Waals surface area contributed by atoms with Crippen molar-refractivity contribution < 1.29 is 4.74 Å². The van der Waals surface area contributed by atoms with E-state index in [0.29, 0.717) is 15.9 Å². The van der Waals surface area contributed by atoms with E-state index in [0.717, 1.165) is 38.5 Å². The van der Waals surface area contributed by atoms with Crippen LogP contribution in [0.2, 0.25) is 5.02 Å². The van der Waals surface area contributed by atoms with Crippen molar-refractivity contribution in [1.82, 2.24) is 14.9 Å². The zero-order valence-corrected chi connectivity index (χ0v) is 22.7. The minimum atomic E-state index is -0.141. The lowest BCUT2D eigenvalue weighted by Gasteiger charge is -2.28. The van der Waals surface area contributed by atoms with Gasteiger partial charge in [0.15, 0.2) is 5.11 Å². The number of aryl methyl sites for hydroxylation is 1. The lowest BCUT2D eigenvalue weighted by Crippen LogP contribution is -2.29. The van der Waals surface area contributed by atoms with Gasteiger partial charge in [-0.2, -0.15) is 0 Å². The molecule has 0 saturated carbocycles. The first-order chi connectivity index (χ1) is 16.9. The Morgan fingerprint density at radius 1 is 1.06 bits per heavy atom. The minimum Gasteiger partial charge on any atom is -0.495 e. The number of nitrogens with zero attached hydrogens (tertiary/aromatic N) is 3. The van der Waals surface area contributed by atoms with Crippen molar-refractivity contribution in [3.8, 4) is 11.4 Å². The second-order valence-corrected chi connectivity index (χ2v) is 10.1. The first-order valence-electron chi connectivity index (χ1n) is 11.2. The number of thiocarbonyl (C=S) groups is 1. The zero-order valence-electron chi connectivity index (χ0n) is 19.5. The van der Waals surface area contributed by atoms with Crippen molar-refractivity contribution in [2.75, 3.05) is 12.0 Å². The molecule has 2 aromatic carbocycles. The molecule has 4 aromatic rings. The second-order valence-electron chi connectivity index (χ2n) is 8.43. The van der Waals surface area contributed by atoms with Gasteiger partial charge < -0.3 is 19.5 Å². The monoisotopic (exact) mass is 566 g/mol. The zero-order chi connectivity index (χ0) is 24.7. The number of methoxy groups -OCH3 is 1. The second kappa shape index (κ2) is 9.64. The third-order valence-corrected chi connectivity index (χ3v) is 7.67. The summed E-state index contributed by atoms with van der Waals surface area (Å²) >= 11 is 16.1. The van der Waals surface area contributed by atoms with E-state index < -0.39 is 0 Å². The van der Waals surface area contributed by atoms with E-state index in [1.807, 2.05) is 54.7 Å². The lowest BCUT2D eigenvalue weighted by atomic mass is 9.96. The molecule has 5 rings (SSSR count). The quantitative estimate of drug-likeness (QED) is 0.261. The summed E-state index contributed by atoms with van der Waals surface area (Å²) in [5.41, 5.74) is 6.34. The molecule has 178 valence electrons. The fourth-order valence-corrected chi connectivity index (χ4v) is 5.90. The highest BCUT2D eigenvalue weighted by atomic mass is 79.9. The van der Waals surface area contributed by atoms with Crippen LogP contribution in [0.15, 0.2) is 77.4 Å². The molecule has 0 radical (unpaired) electrons. The highest BCUT2D eigenvalue weighted by molar-refractivity contribution is 9.10. The molecule has 1 aliphatic heterocycles. The van der Waals surface area contributed by atoms with Gasteiger partial charge in [0.25, 0.3) is 0 Å². The van der Waals surface area contributed by atoms with E-state index >= 15 is 0 Å². The average molecular weight is 568 g/mol. The van der Waals surface area contributed by atoms with E-state index in [1.165, 1.54) is 0 Å². The number of hydrogen-bond acceptors (Lipinski definition) is 3. The third kappa shape index (κ3) is 4.22. The van der Waals surface area contributed by atoms with E-state index in [1.54, 1.807) is 7.11 Å². The maximum Gasteiger partial charge on any atom is 0.174 e. The van der Waals surface area contributed by atoms with Gasteiger partial charge in [-0.05, 0) is 96.1 Å². The molecule has 5 nitrogen and oxygen atoms in total. The molecule has 0 spiro atoms. The van der Waals surface area contributed by atoms with Gasteiger partial charge in [0.05, 0.1) is 35.6 Å². The Morgan fingerprint density at radius 2 is 1.83 bits per heavy atom. The Bertz CT molecular complexity index is 1410. The number of benzene rings is 2. The van der Waals surface area contributed by atoms with Crippen LogP contribution < -0.4 is 15.0 Å². The van der Waals surface area contributed by atoms with Crippen molar-refractivity contribution in [2.24, 2.45) is 0 Å². The smallest absolute Gasteiger partial charge is 0.174 e. The number of pyridine rings is 1. The van der Waals surface area contributed by atoms with Crippen molar-refractivity contribution in [1.29, 1.82) is 0 Å². The molecule has 1 aliphatic rings. The Labute approximate surface area is 223 Å². The largest absolute Gasteiger partial charge is 0.495 e. The van der Waals surface area contributed by atoms with Crippen LogP contribution in [-0.2, 0) is 0 Å². The Kier molecular flexibility index (Phi) is 6.57. The van der Waals surface area contributed by atoms with E-state index in [-0.39, 0.29) is 12.1 Å². The van der Waals surface area contributed by atoms with Gasteiger partial charge in [-0.3, -0.25) is 4.98 Å². The molecule has 0 amide bonds. The van der Waals surface area contributed by atoms with Gasteiger partial charge in [0, 0.05) is 27.7 Å². The molecule has 1 fully saturated rings. The highest BCUT2D eigenvalue weighted by Gasteiger charge is 2.42. The van der Waals surface area contributed by atoms with Crippen LogP contribution in [0.4, 0.5) is 5.69 Å². The SMILES string of the molecule is COc1ccc(N2C(=S)N[C@@H](c3ccccn3)[C@@H]2c2cc(C)n(-c3ccccc3Br)c2C)cc1Cl. The van der Waals surface area contributed by atoms with Crippen LogP contribution in [0.5, 0.6) is 5.75 Å². The van der Waals surface area contributed by atoms with Crippen LogP contribution in [-0.4, -0.2) is 21.8 Å². The Morgan fingerprint density at radius 3 is 2.51 bits per heavy atom. The summed E-state index contributed by atoms with van der Waals surface area (Å²) in [6, 6.07) is 21.9. The van der Waals surface area contributed by atoms with Crippen molar-refractivity contribution in [3.63, 3.8) is 0 Å². The van der Waals surface area contributed by atoms with Crippen LogP contribution >= 0.6 is 39.7 Å². The normalized spacial score (nSPS) is 17.5. The van der Waals surface area contributed by atoms with Gasteiger partial charge in [-0.1, -0.05) is 29.8 Å². The number of halogens is 2. The summed E-state index contributed by atoms with van der Waals surface area (Å²) < 4.78 is 8.68. The molecule has 2 aromatic heterocycles. The lowest BCUT2D eigenvalue weighted by molar-refractivity contribution is 0.415. The molecule has 0 unspecified atom stereocenters. The average Bonchev–Trinajstić information content (AvgIpc) is 3.35. The first kappa shape index (κ1) is 23.9. The van der Waals surface area contributed by atoms with E-state index in [9.17, 15) is 0 Å². The molecule has 1 saturated heterocycles. The highest BCUT2D eigenvalue weighted by Crippen LogP contribution is 2.45. The molecule has 8 heteroatoms. The van der Waals surface area contributed by atoms with Crippen LogP contribution in [0, 0.1) is 13.8 Å². The van der Waals surface area contributed by atoms with Gasteiger partial charge in [0.1, 0.15) is 5.75 Å². The van der Waals surface area contributed by atoms with Gasteiger partial charge >= 0.3 is 0 Å². The number of aromatic nitrogens is 2. The van der Waals surface area contributed by atoms with Crippen molar-refractivity contribution in [3.05, 3.63) is 105 Å². The predicted molar refractivity (Wildman–Crippen MR) is 149 cm³/mol. The number of rotatable bonds is 5. The van der Waals surface area contributed by atoms with Crippen LogP contribution in [0.3, 0.4) is 0 Å². The number of hydrogen-bond donors (Lipinski definition) is 1. The molecule has 1 N–H and O–H groups in total. The summed E-state index contributed by atoms with van der Waals surface area (Å²) in [4.78, 5) is 6.80. The molecule has 2 atom stereocenters. The number of para-hydroxylation sites is 1. The van der Waals surface area contributed by atoms with Gasteiger partial charge in [-0.25, -0.2) is 0 Å². The predicted octanol–water partition coefficient (Wildman–Crippen LogP) is 7.09. The Hall–Kier alpha value is -2.87. The van der Waals surface area contributed by atoms with E-state index in [4.69, 9.17) is 28.6 Å². The molecule has 0 aliphatic carbocycles. The molecule has 3 heterocycles. The minimum absolute atomic E-state index is 0.135. The third-order valence-electron chi connectivity index (χ3n) is 6.39. The first-order valence-corrected chi connectivity index (χ1v) is 12.8. The standard InChI is InChI=1S/C27H24BrClN4OS/c1-16-14-19(17(2)32(16)23-10-5-4-8-20(23)28)26-25(22-9-6-7-13-30-22)31-27(35)33(26)18-11-12-24(34-3)21(29)15-18/h4-15,25-26H,1-3H3,(H,31,35)/t25-,26-/m0/s1. The fraction of sp³-hybridized carbons (Fsp3) is 0.185. The van der Waals surface area contributed by atoms with Crippen LogP contribution in [0.1, 0.15) is 34.7 Å². The summed E-state index contributed by atoms with van der Waals surface area (Å²) in [6.07, 6.45) is 1.81. The maximum absolute atomic E-state index is 6.52. The fourth-order valence-electron chi connectivity index (χ4n) is 4.84. The van der Waals surface area contributed by atoms with Crippen LogP contribution in [0.25, 0.3) is 5.69 Å². The maximum atomic E-state index is 6.52. The van der Waals surface area contributed by atoms with Gasteiger partial charge in [-0.15, -0.1) is 0 Å². The van der Waals surface area contributed by atoms with E-state index in [2.05, 4.69) is 67.7 Å². The summed E-state index contributed by atoms with van der Waals surface area (Å²) in [5.74, 6) is 0.624. The molecular weight excluding hydrogens is 544 g/mol. The summed E-state index contributed by atoms with van der Waals surface area (Å²) in [6.45, 7) is 4.28. The van der Waals surface area contributed by atoms with Gasteiger partial charge in [0.2, 0.25) is 0 Å². The molecular formula is C27H24BrClN4OS. The molecule has 35 heavy (non-hydrogen) atoms.